The third-order valence-corrected chi connectivity index (χ3v) is 7.33. The molecule has 0 heterocycles. The number of hydrogen-bond acceptors (Lipinski definition) is 4. The number of hydrogen-bond donors (Lipinski definition) is 1. The van der Waals surface area contributed by atoms with Crippen molar-refractivity contribution in [2.75, 3.05) is 22.9 Å². The average Bonchev–Trinajstić information content (AvgIpc) is 2.64. The van der Waals surface area contributed by atoms with Crippen LogP contribution in [-0.4, -0.2) is 38.9 Å². The molecule has 0 unspecified atom stereocenters. The number of amides is 1. The van der Waals surface area contributed by atoms with Crippen molar-refractivity contribution in [3.05, 3.63) is 63.1 Å². The Morgan fingerprint density at radius 3 is 2.50 bits per heavy atom. The van der Waals surface area contributed by atoms with Gasteiger partial charge in [-0.2, -0.15) is 11.8 Å². The Kier molecular flexibility index (Phi) is 8.91. The van der Waals surface area contributed by atoms with E-state index in [1.807, 2.05) is 32.0 Å². The van der Waals surface area contributed by atoms with Crippen LogP contribution in [0.3, 0.4) is 0 Å². The number of anilines is 1. The smallest absolute Gasteiger partial charge is 0.243 e. The molecule has 0 aliphatic rings. The molecule has 0 radical (unpaired) electrons. The molecule has 1 N–H and O–H groups in total. The lowest BCUT2D eigenvalue weighted by atomic mass is 10.1. The molecule has 5 nitrogen and oxygen atoms in total. The van der Waals surface area contributed by atoms with Gasteiger partial charge in [-0.15, -0.1) is 0 Å². The summed E-state index contributed by atoms with van der Waals surface area (Å²) in [5, 5.41) is 4.04. The van der Waals surface area contributed by atoms with Gasteiger partial charge in [0.05, 0.1) is 11.9 Å². The van der Waals surface area contributed by atoms with E-state index in [-0.39, 0.29) is 5.91 Å². The fraction of sp³-hybridized carbons (Fsp3) is 0.381. The number of rotatable bonds is 9. The monoisotopic (exact) mass is 488 g/mol. The summed E-state index contributed by atoms with van der Waals surface area (Å²) in [7, 11) is -3.64. The molecule has 0 bridgehead atoms. The molecule has 1 atom stereocenters. The number of thioether (sulfide) groups is 1. The van der Waals surface area contributed by atoms with Crippen LogP contribution in [0.4, 0.5) is 5.69 Å². The normalized spacial score (nSPS) is 12.5. The summed E-state index contributed by atoms with van der Waals surface area (Å²) in [6.07, 6.45) is 1.12. The van der Waals surface area contributed by atoms with Gasteiger partial charge in [-0.25, -0.2) is 8.42 Å². The van der Waals surface area contributed by atoms with Crippen LogP contribution in [0.2, 0.25) is 10.0 Å². The zero-order valence-corrected chi connectivity index (χ0v) is 20.6. The van der Waals surface area contributed by atoms with Crippen LogP contribution in [0.15, 0.2) is 36.4 Å². The highest BCUT2D eigenvalue weighted by molar-refractivity contribution is 7.98. The molecule has 30 heavy (non-hydrogen) atoms. The van der Waals surface area contributed by atoms with Crippen LogP contribution < -0.4 is 9.62 Å². The van der Waals surface area contributed by atoms with E-state index in [1.165, 1.54) is 4.31 Å². The lowest BCUT2D eigenvalue weighted by Gasteiger charge is -2.29. The molecule has 0 aliphatic carbocycles. The average molecular weight is 489 g/mol. The molecule has 0 saturated carbocycles. The Labute approximate surface area is 193 Å². The first-order chi connectivity index (χ1) is 14.0. The Bertz CT molecular complexity index is 1010. The van der Waals surface area contributed by atoms with E-state index >= 15 is 0 Å². The largest absolute Gasteiger partial charge is 0.353 e. The number of carbonyl (C=O) groups is 1. The second kappa shape index (κ2) is 10.8. The minimum Gasteiger partial charge on any atom is -0.353 e. The number of benzene rings is 2. The summed E-state index contributed by atoms with van der Waals surface area (Å²) in [5.41, 5.74) is 3.21. The lowest BCUT2D eigenvalue weighted by molar-refractivity contribution is -0.121. The predicted octanol–water partition coefficient (Wildman–Crippen LogP) is 4.81. The highest BCUT2D eigenvalue weighted by Crippen LogP contribution is 2.27. The van der Waals surface area contributed by atoms with Crippen molar-refractivity contribution in [1.82, 2.24) is 5.32 Å². The maximum absolute atomic E-state index is 12.7. The summed E-state index contributed by atoms with van der Waals surface area (Å²) < 4.78 is 26.1. The number of carbonyl (C=O) groups excluding carboxylic acids is 1. The zero-order valence-electron chi connectivity index (χ0n) is 17.4. The van der Waals surface area contributed by atoms with Crippen LogP contribution in [0.1, 0.15) is 23.6 Å². The van der Waals surface area contributed by atoms with Gasteiger partial charge < -0.3 is 5.32 Å². The van der Waals surface area contributed by atoms with Crippen molar-refractivity contribution in [1.29, 1.82) is 0 Å². The number of halogens is 2. The fourth-order valence-electron chi connectivity index (χ4n) is 2.95. The van der Waals surface area contributed by atoms with E-state index < -0.39 is 16.1 Å². The maximum Gasteiger partial charge on any atom is 0.243 e. The molecule has 0 fully saturated rings. The Hall–Kier alpha value is -1.41. The van der Waals surface area contributed by atoms with Crippen molar-refractivity contribution >= 4 is 56.6 Å². The first-order valence-corrected chi connectivity index (χ1v) is 13.1. The zero-order chi connectivity index (χ0) is 22.5. The Morgan fingerprint density at radius 1 is 1.17 bits per heavy atom. The second-order valence-corrected chi connectivity index (χ2v) is 10.9. The molecule has 0 aromatic heterocycles. The van der Waals surface area contributed by atoms with E-state index in [1.54, 1.807) is 36.9 Å². The molecule has 0 saturated heterocycles. The van der Waals surface area contributed by atoms with Crippen molar-refractivity contribution in [3.8, 4) is 0 Å². The molecule has 2 rings (SSSR count). The predicted molar refractivity (Wildman–Crippen MR) is 128 cm³/mol. The summed E-state index contributed by atoms with van der Waals surface area (Å²) >= 11 is 13.7. The lowest BCUT2D eigenvalue weighted by Crippen LogP contribution is -2.48. The van der Waals surface area contributed by atoms with Crippen LogP contribution in [0.25, 0.3) is 0 Å². The number of nitrogens with zero attached hydrogens (tertiary/aromatic N) is 1. The summed E-state index contributed by atoms with van der Waals surface area (Å²) in [5.74, 6) is 1.02. The molecule has 164 valence electrons. The molecule has 0 spiro atoms. The number of sulfonamides is 1. The van der Waals surface area contributed by atoms with Gasteiger partial charge in [-0.3, -0.25) is 9.10 Å². The van der Waals surface area contributed by atoms with Crippen LogP contribution >= 0.6 is 35.0 Å². The summed E-state index contributed by atoms with van der Waals surface area (Å²) in [6.45, 7) is 5.73. The summed E-state index contributed by atoms with van der Waals surface area (Å²) in [6, 6.07) is 10.1. The molecule has 2 aromatic carbocycles. The van der Waals surface area contributed by atoms with Crippen molar-refractivity contribution < 1.29 is 13.2 Å². The first kappa shape index (κ1) is 24.9. The SMILES string of the molecule is Cc1ccc(C)c(N([C@H](C)C(=O)NCCSCc2ccc(Cl)cc2Cl)S(C)(=O)=O)c1. The Morgan fingerprint density at radius 2 is 1.87 bits per heavy atom. The van der Waals surface area contributed by atoms with Gasteiger partial charge in [-0.05, 0) is 55.7 Å². The van der Waals surface area contributed by atoms with Crippen molar-refractivity contribution in [2.45, 2.75) is 32.6 Å². The van der Waals surface area contributed by atoms with Crippen molar-refractivity contribution in [3.63, 3.8) is 0 Å². The van der Waals surface area contributed by atoms with E-state index in [4.69, 9.17) is 23.2 Å². The maximum atomic E-state index is 12.7. The van der Waals surface area contributed by atoms with E-state index in [9.17, 15) is 13.2 Å². The number of aryl methyl sites for hydroxylation is 2. The summed E-state index contributed by atoms with van der Waals surface area (Å²) in [4.78, 5) is 12.7. The van der Waals surface area contributed by atoms with Crippen molar-refractivity contribution in [2.24, 2.45) is 0 Å². The Balaban J connectivity index is 1.96. The van der Waals surface area contributed by atoms with Gasteiger partial charge in [0.1, 0.15) is 6.04 Å². The standard InChI is InChI=1S/C21H26Cl2N2O3S2/c1-14-5-6-15(2)20(11-14)25(30(4,27)28)16(3)21(26)24-9-10-29-13-17-7-8-18(22)12-19(17)23/h5-8,11-12,16H,9-10,13H2,1-4H3,(H,24,26)/t16-/m1/s1. The molecule has 0 aliphatic heterocycles. The van der Waals surface area contributed by atoms with Crippen LogP contribution in [0.5, 0.6) is 0 Å². The molecular weight excluding hydrogens is 463 g/mol. The van der Waals surface area contributed by atoms with Gasteiger partial charge in [0.25, 0.3) is 0 Å². The van der Waals surface area contributed by atoms with Gasteiger partial charge >= 0.3 is 0 Å². The molecule has 9 heteroatoms. The van der Waals surface area contributed by atoms with E-state index in [0.717, 1.165) is 22.9 Å². The highest BCUT2D eigenvalue weighted by Gasteiger charge is 2.30. The van der Waals surface area contributed by atoms with Crippen LogP contribution in [-0.2, 0) is 20.6 Å². The van der Waals surface area contributed by atoms with Gasteiger partial charge in [-0.1, -0.05) is 41.4 Å². The van der Waals surface area contributed by atoms with Gasteiger partial charge in [0.15, 0.2) is 0 Å². The van der Waals surface area contributed by atoms with Gasteiger partial charge in [0, 0.05) is 28.1 Å². The number of nitrogens with one attached hydrogen (secondary N) is 1. The van der Waals surface area contributed by atoms with E-state index in [2.05, 4.69) is 5.32 Å². The topological polar surface area (TPSA) is 66.5 Å². The minimum absolute atomic E-state index is 0.341. The third kappa shape index (κ3) is 6.80. The fourth-order valence-corrected chi connectivity index (χ4v) is 5.59. The second-order valence-electron chi connectivity index (χ2n) is 7.10. The molecule has 1 amide bonds. The molecular formula is C21H26Cl2N2O3S2. The third-order valence-electron chi connectivity index (χ3n) is 4.51. The minimum atomic E-state index is -3.64. The van der Waals surface area contributed by atoms with Gasteiger partial charge in [0.2, 0.25) is 15.9 Å². The van der Waals surface area contributed by atoms with E-state index in [0.29, 0.717) is 33.8 Å². The highest BCUT2D eigenvalue weighted by atomic mass is 35.5. The quantitative estimate of drug-likeness (QED) is 0.514. The molecule has 2 aromatic rings. The first-order valence-electron chi connectivity index (χ1n) is 9.36. The van der Waals surface area contributed by atoms with Crippen LogP contribution in [0, 0.1) is 13.8 Å².